The molecule has 1 aliphatic carbocycles. The molecule has 0 aromatic heterocycles. The van der Waals surface area contributed by atoms with Crippen molar-refractivity contribution in [3.05, 3.63) is 29.8 Å². The van der Waals surface area contributed by atoms with Crippen LogP contribution in [0.25, 0.3) is 0 Å². The molecule has 1 aromatic rings. The summed E-state index contributed by atoms with van der Waals surface area (Å²) in [6, 6.07) is 8.12. The molecule has 140 valence electrons. The second-order valence-electron chi connectivity index (χ2n) is 7.86. The van der Waals surface area contributed by atoms with Crippen molar-refractivity contribution in [2.45, 2.75) is 51.0 Å². The van der Waals surface area contributed by atoms with Crippen LogP contribution in [0.4, 0.5) is 0 Å². The monoisotopic (exact) mass is 356 g/mol. The Morgan fingerprint density at radius 1 is 1.04 bits per heavy atom. The Morgan fingerprint density at radius 2 is 1.81 bits per heavy atom. The van der Waals surface area contributed by atoms with Crippen LogP contribution in [0.3, 0.4) is 0 Å². The van der Waals surface area contributed by atoms with Crippen LogP contribution >= 0.6 is 0 Å². The van der Waals surface area contributed by atoms with Crippen LogP contribution in [0.2, 0.25) is 0 Å². The lowest BCUT2D eigenvalue weighted by molar-refractivity contribution is -0.141. The first-order valence-electron chi connectivity index (χ1n) is 10.0. The Morgan fingerprint density at radius 3 is 2.54 bits per heavy atom. The van der Waals surface area contributed by atoms with E-state index in [9.17, 15) is 9.59 Å². The van der Waals surface area contributed by atoms with E-state index in [0.29, 0.717) is 12.5 Å². The summed E-state index contributed by atoms with van der Waals surface area (Å²) < 4.78 is 6.00. The van der Waals surface area contributed by atoms with Gasteiger partial charge in [-0.05, 0) is 50.2 Å². The fourth-order valence-electron chi connectivity index (χ4n) is 4.16. The van der Waals surface area contributed by atoms with Crippen LogP contribution in [0.1, 0.15) is 44.1 Å². The zero-order valence-corrected chi connectivity index (χ0v) is 15.3. The van der Waals surface area contributed by atoms with Gasteiger partial charge in [0, 0.05) is 24.9 Å². The number of carbonyl (C=O) groups is 2. The van der Waals surface area contributed by atoms with E-state index < -0.39 is 0 Å². The molecule has 2 fully saturated rings. The highest BCUT2D eigenvalue weighted by molar-refractivity contribution is 5.81. The lowest BCUT2D eigenvalue weighted by Gasteiger charge is -2.36. The summed E-state index contributed by atoms with van der Waals surface area (Å²) in [6.45, 7) is 2.01. The molecule has 1 saturated carbocycles. The van der Waals surface area contributed by atoms with Gasteiger partial charge in [-0.25, -0.2) is 0 Å². The predicted molar refractivity (Wildman–Crippen MR) is 98.8 cm³/mol. The van der Waals surface area contributed by atoms with Crippen molar-refractivity contribution in [1.29, 1.82) is 0 Å². The molecule has 0 unspecified atom stereocenters. The molecule has 0 bridgehead atoms. The highest BCUT2D eigenvalue weighted by Gasteiger charge is 2.33. The molecule has 4 rings (SSSR count). The first-order chi connectivity index (χ1) is 12.7. The third-order valence-electron chi connectivity index (χ3n) is 6.14. The Hall–Kier alpha value is -2.04. The van der Waals surface area contributed by atoms with E-state index in [4.69, 9.17) is 4.74 Å². The summed E-state index contributed by atoms with van der Waals surface area (Å²) >= 11 is 0. The van der Waals surface area contributed by atoms with E-state index in [1.54, 1.807) is 0 Å². The van der Waals surface area contributed by atoms with Gasteiger partial charge in [-0.1, -0.05) is 24.6 Å². The van der Waals surface area contributed by atoms with Crippen molar-refractivity contribution in [1.82, 2.24) is 10.2 Å². The number of piperidine rings is 1. The number of hydrogen-bond acceptors (Lipinski definition) is 3. The van der Waals surface area contributed by atoms with Crippen LogP contribution in [0, 0.1) is 11.8 Å². The molecular formula is C21H28N2O3. The van der Waals surface area contributed by atoms with Crippen molar-refractivity contribution < 1.29 is 14.3 Å². The number of hydrogen-bond donors (Lipinski definition) is 1. The van der Waals surface area contributed by atoms with Gasteiger partial charge >= 0.3 is 0 Å². The van der Waals surface area contributed by atoms with Crippen molar-refractivity contribution in [3.63, 3.8) is 0 Å². The smallest absolute Gasteiger partial charge is 0.225 e. The van der Waals surface area contributed by atoms with Gasteiger partial charge in [-0.3, -0.25) is 9.59 Å². The minimum Gasteiger partial charge on any atom is -0.488 e. The van der Waals surface area contributed by atoms with E-state index in [0.717, 1.165) is 57.4 Å². The quantitative estimate of drug-likeness (QED) is 0.902. The molecule has 2 amide bonds. The molecular weight excluding hydrogens is 328 g/mol. The lowest BCUT2D eigenvalue weighted by Crippen LogP contribution is -2.47. The zero-order chi connectivity index (χ0) is 17.9. The maximum absolute atomic E-state index is 12.5. The molecule has 26 heavy (non-hydrogen) atoms. The zero-order valence-electron chi connectivity index (χ0n) is 15.3. The number of amides is 2. The van der Waals surface area contributed by atoms with E-state index in [1.807, 2.05) is 23.1 Å². The predicted octanol–water partition coefficient (Wildman–Crippen LogP) is 2.54. The van der Waals surface area contributed by atoms with Crippen molar-refractivity contribution in [3.8, 4) is 5.75 Å². The van der Waals surface area contributed by atoms with Gasteiger partial charge in [0.2, 0.25) is 11.8 Å². The summed E-state index contributed by atoms with van der Waals surface area (Å²) in [4.78, 5) is 26.8. The standard InChI is InChI=1S/C21H28N2O3/c24-20(16-10-12-23(13-11-16)21(25)17-5-3-6-17)22-14-18-9-8-15-4-1-2-7-19(15)26-18/h1-2,4,7,16-18H,3,5-6,8-14H2,(H,22,24)/t18-/m1/s1. The number of nitrogens with zero attached hydrogens (tertiary/aromatic N) is 1. The molecule has 5 heteroatoms. The summed E-state index contributed by atoms with van der Waals surface area (Å²) in [7, 11) is 0. The second-order valence-corrected chi connectivity index (χ2v) is 7.86. The number of nitrogens with one attached hydrogen (secondary N) is 1. The van der Waals surface area contributed by atoms with Crippen molar-refractivity contribution in [2.75, 3.05) is 19.6 Å². The average Bonchev–Trinajstić information content (AvgIpc) is 2.64. The molecule has 0 spiro atoms. The van der Waals surface area contributed by atoms with Gasteiger partial charge in [-0.2, -0.15) is 0 Å². The number of aryl methyl sites for hydroxylation is 1. The number of carbonyl (C=O) groups excluding carboxylic acids is 2. The number of para-hydroxylation sites is 1. The highest BCUT2D eigenvalue weighted by atomic mass is 16.5. The van der Waals surface area contributed by atoms with Gasteiger partial charge in [-0.15, -0.1) is 0 Å². The summed E-state index contributed by atoms with van der Waals surface area (Å²) in [5.74, 6) is 1.65. The van der Waals surface area contributed by atoms with E-state index >= 15 is 0 Å². The topological polar surface area (TPSA) is 58.6 Å². The number of fused-ring (bicyclic) bond motifs is 1. The van der Waals surface area contributed by atoms with Crippen LogP contribution in [-0.2, 0) is 16.0 Å². The average molecular weight is 356 g/mol. The normalized spacial score (nSPS) is 23.5. The molecule has 1 aromatic carbocycles. The van der Waals surface area contributed by atoms with E-state index in [1.165, 1.54) is 12.0 Å². The van der Waals surface area contributed by atoms with E-state index in [2.05, 4.69) is 11.4 Å². The first-order valence-corrected chi connectivity index (χ1v) is 10.0. The summed E-state index contributed by atoms with van der Waals surface area (Å²) in [6.07, 6.45) is 6.81. The van der Waals surface area contributed by atoms with Gasteiger partial charge in [0.15, 0.2) is 0 Å². The Labute approximate surface area is 155 Å². The number of rotatable bonds is 4. The van der Waals surface area contributed by atoms with Gasteiger partial charge in [0.1, 0.15) is 11.9 Å². The van der Waals surface area contributed by atoms with Gasteiger partial charge < -0.3 is 15.0 Å². The van der Waals surface area contributed by atoms with Crippen LogP contribution < -0.4 is 10.1 Å². The molecule has 3 aliphatic rings. The van der Waals surface area contributed by atoms with Crippen LogP contribution in [0.5, 0.6) is 5.75 Å². The lowest BCUT2D eigenvalue weighted by atomic mass is 9.83. The Kier molecular flexibility index (Phi) is 5.14. The maximum Gasteiger partial charge on any atom is 0.225 e. The number of likely N-dealkylation sites (tertiary alicyclic amines) is 1. The minimum absolute atomic E-state index is 0.0244. The minimum atomic E-state index is 0.0244. The van der Waals surface area contributed by atoms with Gasteiger partial charge in [0.05, 0.1) is 6.54 Å². The number of benzene rings is 1. The SMILES string of the molecule is O=C(NC[C@H]1CCc2ccccc2O1)C1CCN(C(=O)C2CCC2)CC1. The van der Waals surface area contributed by atoms with Crippen LogP contribution in [0.15, 0.2) is 24.3 Å². The molecule has 1 atom stereocenters. The molecule has 1 saturated heterocycles. The molecule has 2 aliphatic heterocycles. The number of ether oxygens (including phenoxy) is 1. The largest absolute Gasteiger partial charge is 0.488 e. The Balaban J connectivity index is 1.20. The molecule has 5 nitrogen and oxygen atoms in total. The third-order valence-corrected chi connectivity index (χ3v) is 6.14. The fraction of sp³-hybridized carbons (Fsp3) is 0.619. The van der Waals surface area contributed by atoms with E-state index in [-0.39, 0.29) is 23.8 Å². The first kappa shape index (κ1) is 17.4. The summed E-state index contributed by atoms with van der Waals surface area (Å²) in [5.41, 5.74) is 1.25. The van der Waals surface area contributed by atoms with Crippen molar-refractivity contribution in [2.24, 2.45) is 11.8 Å². The molecule has 2 heterocycles. The summed E-state index contributed by atoms with van der Waals surface area (Å²) in [5, 5.41) is 3.07. The van der Waals surface area contributed by atoms with Crippen molar-refractivity contribution >= 4 is 11.8 Å². The molecule has 0 radical (unpaired) electrons. The fourth-order valence-corrected chi connectivity index (χ4v) is 4.16. The third kappa shape index (κ3) is 3.71. The highest BCUT2D eigenvalue weighted by Crippen LogP contribution is 2.30. The second kappa shape index (κ2) is 7.68. The van der Waals surface area contributed by atoms with Crippen LogP contribution in [-0.4, -0.2) is 42.5 Å². The maximum atomic E-state index is 12.5. The molecule has 1 N–H and O–H groups in total. The van der Waals surface area contributed by atoms with Gasteiger partial charge in [0.25, 0.3) is 0 Å². The Bertz CT molecular complexity index is 663.